The summed E-state index contributed by atoms with van der Waals surface area (Å²) in [5.74, 6) is 0.0523. The summed E-state index contributed by atoms with van der Waals surface area (Å²) < 4.78 is 34.4. The van der Waals surface area contributed by atoms with E-state index in [1.165, 1.54) is 12.8 Å². The summed E-state index contributed by atoms with van der Waals surface area (Å²) in [4.78, 5) is 22.3. The van der Waals surface area contributed by atoms with Crippen LogP contribution in [-0.2, 0) is 13.1 Å². The van der Waals surface area contributed by atoms with Crippen molar-refractivity contribution in [2.45, 2.75) is 58.7 Å². The topological polar surface area (TPSA) is 127 Å². The van der Waals surface area contributed by atoms with E-state index < -0.39 is 12.2 Å². The van der Waals surface area contributed by atoms with Crippen LogP contribution in [0.15, 0.2) is 65.2 Å². The van der Waals surface area contributed by atoms with Gasteiger partial charge in [0, 0.05) is 43.6 Å². The standard InChI is InChI=1S/C40H38F2N8O2/c1-23-29(7-5-9-31(23)40-47-34-16-25(20-49-12-3-4-13-49)15-27(18-43)36(34)52-40)30-8-6-10-32(24(30)2)45-38-35-33(46-39(48-38)37(41)42)17-26(19-44-35)21-50-14-11-28(51)22-50/h5-10,15-17,19,28,37,51H,3-4,11-14,20-22H2,1-2H3,(H,45,46,48)/t28-/m1/s1. The lowest BCUT2D eigenvalue weighted by Crippen LogP contribution is -2.21. The molecule has 0 saturated carbocycles. The average Bonchev–Trinajstić information content (AvgIpc) is 3.90. The van der Waals surface area contributed by atoms with Gasteiger partial charge in [0.1, 0.15) is 17.1 Å². The van der Waals surface area contributed by atoms with Crippen molar-refractivity contribution in [3.8, 4) is 28.7 Å². The molecular weight excluding hydrogens is 662 g/mol. The number of hydrogen-bond acceptors (Lipinski definition) is 10. The summed E-state index contributed by atoms with van der Waals surface area (Å²) in [5, 5.41) is 23.2. The van der Waals surface area contributed by atoms with Gasteiger partial charge in [-0.3, -0.25) is 14.8 Å². The maximum absolute atomic E-state index is 14.0. The Bertz CT molecular complexity index is 2350. The zero-order chi connectivity index (χ0) is 35.9. The Hall–Kier alpha value is -5.35. The Morgan fingerprint density at radius 2 is 1.63 bits per heavy atom. The van der Waals surface area contributed by atoms with E-state index in [1.54, 1.807) is 12.3 Å². The average molecular weight is 701 g/mol. The first-order valence-corrected chi connectivity index (χ1v) is 17.6. The molecule has 0 amide bonds. The van der Waals surface area contributed by atoms with Crippen molar-refractivity contribution in [2.75, 3.05) is 31.5 Å². The maximum atomic E-state index is 14.0. The highest BCUT2D eigenvalue weighted by Crippen LogP contribution is 2.38. The molecule has 12 heteroatoms. The third-order valence-corrected chi connectivity index (χ3v) is 10.2. The van der Waals surface area contributed by atoms with Crippen LogP contribution in [0.5, 0.6) is 0 Å². The number of rotatable bonds is 9. The molecular formula is C40H38F2N8O2. The van der Waals surface area contributed by atoms with Gasteiger partial charge in [0.2, 0.25) is 5.89 Å². The van der Waals surface area contributed by atoms with Crippen molar-refractivity contribution in [3.05, 3.63) is 94.4 Å². The van der Waals surface area contributed by atoms with E-state index in [0.717, 1.165) is 65.1 Å². The van der Waals surface area contributed by atoms with Crippen LogP contribution in [0.1, 0.15) is 59.3 Å². The minimum Gasteiger partial charge on any atom is -0.435 e. The lowest BCUT2D eigenvalue weighted by atomic mass is 9.93. The second-order valence-corrected chi connectivity index (χ2v) is 13.8. The Balaban J connectivity index is 1.12. The zero-order valence-corrected chi connectivity index (χ0v) is 29.0. The summed E-state index contributed by atoms with van der Waals surface area (Å²) in [6.07, 6.45) is 1.57. The van der Waals surface area contributed by atoms with Gasteiger partial charge in [-0.2, -0.15) is 5.26 Å². The van der Waals surface area contributed by atoms with Crippen LogP contribution >= 0.6 is 0 Å². The Labute approximate surface area is 299 Å². The number of nitrogens with zero attached hydrogens (tertiary/aromatic N) is 7. The van der Waals surface area contributed by atoms with Crippen LogP contribution < -0.4 is 5.32 Å². The van der Waals surface area contributed by atoms with Crippen molar-refractivity contribution in [1.82, 2.24) is 29.7 Å². The van der Waals surface area contributed by atoms with E-state index in [4.69, 9.17) is 9.40 Å². The third kappa shape index (κ3) is 6.59. The largest absolute Gasteiger partial charge is 0.435 e. The zero-order valence-electron chi connectivity index (χ0n) is 29.0. The maximum Gasteiger partial charge on any atom is 0.297 e. The molecule has 2 fully saturated rings. The molecule has 5 heterocycles. The lowest BCUT2D eigenvalue weighted by Gasteiger charge is -2.17. The number of halogens is 2. The van der Waals surface area contributed by atoms with Gasteiger partial charge in [-0.25, -0.2) is 23.7 Å². The van der Waals surface area contributed by atoms with Crippen LogP contribution in [0.4, 0.5) is 20.3 Å². The summed E-state index contributed by atoms with van der Waals surface area (Å²) in [7, 11) is 0. The number of oxazole rings is 1. The number of aromatic nitrogens is 4. The van der Waals surface area contributed by atoms with Crippen LogP contribution in [0.25, 0.3) is 44.7 Å². The number of pyridine rings is 1. The normalized spacial score (nSPS) is 16.8. The number of hydrogen-bond donors (Lipinski definition) is 2. The van der Waals surface area contributed by atoms with E-state index in [-0.39, 0.29) is 11.9 Å². The molecule has 1 atom stereocenters. The summed E-state index contributed by atoms with van der Waals surface area (Å²) >= 11 is 0. The minimum absolute atomic E-state index is 0.193. The van der Waals surface area contributed by atoms with E-state index in [1.807, 2.05) is 62.4 Å². The number of nitrogens with one attached hydrogen (secondary N) is 1. The molecule has 2 aliphatic heterocycles. The molecule has 264 valence electrons. The second-order valence-electron chi connectivity index (χ2n) is 13.8. The van der Waals surface area contributed by atoms with E-state index in [9.17, 15) is 19.1 Å². The molecule has 10 nitrogen and oxygen atoms in total. The molecule has 2 N–H and O–H groups in total. The van der Waals surface area contributed by atoms with Crippen LogP contribution in [-0.4, -0.2) is 67.1 Å². The lowest BCUT2D eigenvalue weighted by molar-refractivity contribution is 0.141. The highest BCUT2D eigenvalue weighted by Gasteiger charge is 2.23. The number of aliphatic hydroxyl groups excluding tert-OH is 1. The number of nitriles is 1. The molecule has 3 aromatic carbocycles. The molecule has 2 saturated heterocycles. The number of β-amino-alcohol motifs (C(OH)–C–C–N with tert-alkyl or cyclic N) is 1. The fraction of sp³-hybridized carbons (Fsp3) is 0.325. The van der Waals surface area contributed by atoms with Gasteiger partial charge in [-0.05, 0) is 110 Å². The minimum atomic E-state index is -2.87. The molecule has 6 aromatic rings. The fourth-order valence-electron chi connectivity index (χ4n) is 7.49. The number of alkyl halides is 2. The number of likely N-dealkylation sites (tertiary alicyclic amines) is 2. The van der Waals surface area contributed by atoms with Gasteiger partial charge < -0.3 is 14.8 Å². The van der Waals surface area contributed by atoms with Crippen LogP contribution in [0.3, 0.4) is 0 Å². The van der Waals surface area contributed by atoms with Crippen molar-refractivity contribution in [3.63, 3.8) is 0 Å². The molecule has 52 heavy (non-hydrogen) atoms. The number of anilines is 2. The van der Waals surface area contributed by atoms with Crippen molar-refractivity contribution in [2.24, 2.45) is 0 Å². The number of fused-ring (bicyclic) bond motifs is 2. The van der Waals surface area contributed by atoms with Gasteiger partial charge >= 0.3 is 0 Å². The monoisotopic (exact) mass is 700 g/mol. The molecule has 0 spiro atoms. The summed E-state index contributed by atoms with van der Waals surface area (Å²) in [6, 6.07) is 19.7. The van der Waals surface area contributed by atoms with Gasteiger partial charge in [-0.15, -0.1) is 0 Å². The van der Waals surface area contributed by atoms with Crippen molar-refractivity contribution in [1.29, 1.82) is 5.26 Å². The number of aliphatic hydroxyl groups is 1. The van der Waals surface area contributed by atoms with Crippen molar-refractivity contribution < 1.29 is 18.3 Å². The Kier molecular flexibility index (Phi) is 9.09. The Morgan fingerprint density at radius 3 is 2.38 bits per heavy atom. The Morgan fingerprint density at radius 1 is 0.904 bits per heavy atom. The van der Waals surface area contributed by atoms with Crippen molar-refractivity contribution >= 4 is 33.6 Å². The quantitative estimate of drug-likeness (QED) is 0.154. The molecule has 3 aromatic heterocycles. The molecule has 0 unspecified atom stereocenters. The van der Waals surface area contributed by atoms with Gasteiger partial charge in [0.25, 0.3) is 6.43 Å². The first kappa shape index (κ1) is 33.8. The molecule has 2 aliphatic rings. The summed E-state index contributed by atoms with van der Waals surface area (Å²) in [5.41, 5.74) is 9.39. The highest BCUT2D eigenvalue weighted by molar-refractivity contribution is 5.90. The molecule has 0 radical (unpaired) electrons. The molecule has 0 aliphatic carbocycles. The van der Waals surface area contributed by atoms with Gasteiger partial charge in [0.15, 0.2) is 17.2 Å². The van der Waals surface area contributed by atoms with Crippen LogP contribution in [0, 0.1) is 25.2 Å². The second kappa shape index (κ2) is 14.0. The van der Waals surface area contributed by atoms with Gasteiger partial charge in [-0.1, -0.05) is 24.3 Å². The van der Waals surface area contributed by atoms with Gasteiger partial charge in [0.05, 0.1) is 17.2 Å². The first-order chi connectivity index (χ1) is 25.2. The van der Waals surface area contributed by atoms with E-state index >= 15 is 0 Å². The van der Waals surface area contributed by atoms with Crippen LogP contribution in [0.2, 0.25) is 0 Å². The smallest absolute Gasteiger partial charge is 0.297 e. The molecule has 8 rings (SSSR count). The van der Waals surface area contributed by atoms with E-state index in [2.05, 4.69) is 36.1 Å². The highest BCUT2D eigenvalue weighted by atomic mass is 19.3. The fourth-order valence-corrected chi connectivity index (χ4v) is 7.49. The molecule has 0 bridgehead atoms. The van der Waals surface area contributed by atoms with E-state index in [0.29, 0.717) is 58.8 Å². The number of benzene rings is 3. The predicted molar refractivity (Wildman–Crippen MR) is 195 cm³/mol. The summed E-state index contributed by atoms with van der Waals surface area (Å²) in [6.45, 7) is 8.74. The first-order valence-electron chi connectivity index (χ1n) is 17.6. The SMILES string of the molecule is Cc1c(Nc2nc(C(F)F)nc3cc(CN4CC[C@@H](O)C4)cnc23)cccc1-c1cccc(-c2nc3cc(CN4CCCC4)cc(C#N)c3o2)c1C. The third-order valence-electron chi connectivity index (χ3n) is 10.2. The predicted octanol–water partition coefficient (Wildman–Crippen LogP) is 7.83.